The van der Waals surface area contributed by atoms with Crippen LogP contribution in [0, 0.1) is 11.6 Å². The second kappa shape index (κ2) is 8.67. The highest BCUT2D eigenvalue weighted by Gasteiger charge is 2.17. The first-order valence-corrected chi connectivity index (χ1v) is 10.0. The van der Waals surface area contributed by atoms with Gasteiger partial charge >= 0.3 is 0 Å². The monoisotopic (exact) mass is 375 g/mol. The highest BCUT2D eigenvalue weighted by atomic mass is 32.2. The van der Waals surface area contributed by atoms with E-state index in [1.807, 2.05) is 23.9 Å². The minimum Gasteiger partial charge on any atom is -0.322 e. The van der Waals surface area contributed by atoms with Gasteiger partial charge in [-0.3, -0.25) is 4.79 Å². The van der Waals surface area contributed by atoms with Crippen LogP contribution < -0.4 is 5.32 Å². The number of amides is 1. The molecule has 0 radical (unpaired) electrons. The fraction of sp³-hybridized carbons (Fsp3) is 0.381. The molecule has 1 aliphatic carbocycles. The van der Waals surface area contributed by atoms with E-state index >= 15 is 0 Å². The first-order valence-electron chi connectivity index (χ1n) is 9.13. The lowest BCUT2D eigenvalue weighted by Gasteiger charge is -2.22. The van der Waals surface area contributed by atoms with Gasteiger partial charge in [0.05, 0.1) is 0 Å². The second-order valence-electron chi connectivity index (χ2n) is 6.64. The Labute approximate surface area is 157 Å². The van der Waals surface area contributed by atoms with Crippen molar-refractivity contribution in [2.45, 2.75) is 55.6 Å². The SMILES string of the molecule is CCc1ccc(C(=O)Nc2ccc(F)c(F)c2)cc1SC1CCCCC1. The molecule has 1 saturated carbocycles. The number of rotatable bonds is 5. The van der Waals surface area contributed by atoms with Gasteiger partial charge in [0.15, 0.2) is 11.6 Å². The van der Waals surface area contributed by atoms with Crippen molar-refractivity contribution in [1.82, 2.24) is 0 Å². The van der Waals surface area contributed by atoms with Crippen LogP contribution >= 0.6 is 11.8 Å². The first kappa shape index (κ1) is 18.9. The molecule has 0 saturated heterocycles. The molecular formula is C21H23F2NOS. The number of carbonyl (C=O) groups excluding carboxylic acids is 1. The zero-order valence-electron chi connectivity index (χ0n) is 14.9. The highest BCUT2D eigenvalue weighted by molar-refractivity contribution is 8.00. The topological polar surface area (TPSA) is 29.1 Å². The summed E-state index contributed by atoms with van der Waals surface area (Å²) in [5.41, 5.74) is 2.02. The predicted octanol–water partition coefficient (Wildman–Crippen LogP) is 6.20. The Morgan fingerprint density at radius 3 is 2.54 bits per heavy atom. The van der Waals surface area contributed by atoms with Gasteiger partial charge in [0.2, 0.25) is 0 Å². The summed E-state index contributed by atoms with van der Waals surface area (Å²) in [6.07, 6.45) is 7.22. The summed E-state index contributed by atoms with van der Waals surface area (Å²) in [5, 5.41) is 3.25. The third-order valence-corrected chi connectivity index (χ3v) is 6.17. The quantitative estimate of drug-likeness (QED) is 0.674. The average molecular weight is 375 g/mol. The maximum atomic E-state index is 13.3. The molecule has 1 amide bonds. The molecule has 0 atom stereocenters. The van der Waals surface area contributed by atoms with Gasteiger partial charge in [0.1, 0.15) is 0 Å². The third kappa shape index (κ3) is 4.64. The summed E-state index contributed by atoms with van der Waals surface area (Å²) in [5.74, 6) is -2.22. The van der Waals surface area contributed by atoms with Crippen LogP contribution in [0.3, 0.4) is 0 Å². The molecule has 0 bridgehead atoms. The summed E-state index contributed by atoms with van der Waals surface area (Å²) in [6, 6.07) is 9.06. The van der Waals surface area contributed by atoms with Gasteiger partial charge in [-0.2, -0.15) is 0 Å². The summed E-state index contributed by atoms with van der Waals surface area (Å²) in [4.78, 5) is 13.7. The zero-order valence-corrected chi connectivity index (χ0v) is 15.7. The molecule has 5 heteroatoms. The normalized spacial score (nSPS) is 15.0. The number of anilines is 1. The van der Waals surface area contributed by atoms with E-state index in [0.29, 0.717) is 10.8 Å². The Morgan fingerprint density at radius 2 is 1.85 bits per heavy atom. The van der Waals surface area contributed by atoms with Crippen LogP contribution in [0.5, 0.6) is 0 Å². The lowest BCUT2D eigenvalue weighted by atomic mass is 10.0. The standard InChI is InChI=1S/C21H23F2NOS/c1-2-14-8-9-15(12-20(14)26-17-6-4-3-5-7-17)21(25)24-16-10-11-18(22)19(23)13-16/h8-13,17H,2-7H2,1H3,(H,24,25). The van der Waals surface area contributed by atoms with Crippen molar-refractivity contribution in [3.63, 3.8) is 0 Å². The molecule has 2 aromatic rings. The molecule has 3 rings (SSSR count). The molecule has 1 aliphatic rings. The van der Waals surface area contributed by atoms with Crippen LogP contribution in [0.1, 0.15) is 54.9 Å². The van der Waals surface area contributed by atoms with Crippen molar-refractivity contribution in [2.75, 3.05) is 5.32 Å². The van der Waals surface area contributed by atoms with Crippen LogP contribution in [-0.2, 0) is 6.42 Å². The molecular weight excluding hydrogens is 352 g/mol. The number of halogens is 2. The molecule has 2 nitrogen and oxygen atoms in total. The Balaban J connectivity index is 1.76. The molecule has 1 N–H and O–H groups in total. The number of nitrogens with one attached hydrogen (secondary N) is 1. The summed E-state index contributed by atoms with van der Waals surface area (Å²) in [6.45, 7) is 2.11. The Morgan fingerprint density at radius 1 is 1.08 bits per heavy atom. The van der Waals surface area contributed by atoms with Gasteiger partial charge in [-0.05, 0) is 49.1 Å². The first-order chi connectivity index (χ1) is 12.6. The fourth-order valence-corrected chi connectivity index (χ4v) is 4.72. The van der Waals surface area contributed by atoms with Crippen molar-refractivity contribution in [3.8, 4) is 0 Å². The smallest absolute Gasteiger partial charge is 0.255 e. The number of hydrogen-bond donors (Lipinski definition) is 1. The number of thioether (sulfide) groups is 1. The Bertz CT molecular complexity index is 788. The van der Waals surface area contributed by atoms with Crippen molar-refractivity contribution in [1.29, 1.82) is 0 Å². The lowest BCUT2D eigenvalue weighted by molar-refractivity contribution is 0.102. The number of carbonyl (C=O) groups is 1. The Hall–Kier alpha value is -1.88. The van der Waals surface area contributed by atoms with Crippen LogP contribution in [0.4, 0.5) is 14.5 Å². The van der Waals surface area contributed by atoms with Gasteiger partial charge in [-0.15, -0.1) is 11.8 Å². The van der Waals surface area contributed by atoms with E-state index in [4.69, 9.17) is 0 Å². The van der Waals surface area contributed by atoms with Gasteiger partial charge in [0.25, 0.3) is 5.91 Å². The van der Waals surface area contributed by atoms with Gasteiger partial charge in [0, 0.05) is 27.5 Å². The number of aryl methyl sites for hydroxylation is 1. The van der Waals surface area contributed by atoms with Crippen LogP contribution in [0.15, 0.2) is 41.3 Å². The molecule has 0 aliphatic heterocycles. The molecule has 1 fully saturated rings. The average Bonchev–Trinajstić information content (AvgIpc) is 2.65. The van der Waals surface area contributed by atoms with E-state index < -0.39 is 11.6 Å². The number of benzene rings is 2. The lowest BCUT2D eigenvalue weighted by Crippen LogP contribution is -2.13. The van der Waals surface area contributed by atoms with Crippen molar-refractivity contribution >= 4 is 23.4 Å². The van der Waals surface area contributed by atoms with Gasteiger partial charge in [-0.25, -0.2) is 8.78 Å². The molecule has 0 unspecified atom stereocenters. The maximum Gasteiger partial charge on any atom is 0.255 e. The molecule has 138 valence electrons. The van der Waals surface area contributed by atoms with Crippen LogP contribution in [-0.4, -0.2) is 11.2 Å². The largest absolute Gasteiger partial charge is 0.322 e. The van der Waals surface area contributed by atoms with Crippen LogP contribution in [0.2, 0.25) is 0 Å². The minimum atomic E-state index is -0.974. The summed E-state index contributed by atoms with van der Waals surface area (Å²) >= 11 is 1.87. The van der Waals surface area contributed by atoms with E-state index in [1.165, 1.54) is 43.7 Å². The molecule has 0 heterocycles. The highest BCUT2D eigenvalue weighted by Crippen LogP contribution is 2.36. The van der Waals surface area contributed by atoms with Gasteiger partial charge < -0.3 is 5.32 Å². The van der Waals surface area contributed by atoms with Crippen molar-refractivity contribution in [3.05, 3.63) is 59.2 Å². The summed E-state index contributed by atoms with van der Waals surface area (Å²) < 4.78 is 26.4. The molecule has 2 aromatic carbocycles. The minimum absolute atomic E-state index is 0.245. The summed E-state index contributed by atoms with van der Waals surface area (Å²) in [7, 11) is 0. The fourth-order valence-electron chi connectivity index (χ4n) is 3.24. The maximum absolute atomic E-state index is 13.3. The second-order valence-corrected chi connectivity index (χ2v) is 7.98. The van der Waals surface area contributed by atoms with E-state index in [9.17, 15) is 13.6 Å². The van der Waals surface area contributed by atoms with E-state index in [-0.39, 0.29) is 11.6 Å². The van der Waals surface area contributed by atoms with Crippen molar-refractivity contribution in [2.24, 2.45) is 0 Å². The van der Waals surface area contributed by atoms with Crippen LogP contribution in [0.25, 0.3) is 0 Å². The molecule has 26 heavy (non-hydrogen) atoms. The predicted molar refractivity (Wildman–Crippen MR) is 103 cm³/mol. The van der Waals surface area contributed by atoms with E-state index in [2.05, 4.69) is 12.2 Å². The third-order valence-electron chi connectivity index (χ3n) is 4.73. The number of hydrogen-bond acceptors (Lipinski definition) is 2. The van der Waals surface area contributed by atoms with Gasteiger partial charge in [-0.1, -0.05) is 32.3 Å². The Kier molecular flexibility index (Phi) is 6.30. The molecule has 0 aromatic heterocycles. The van der Waals surface area contributed by atoms with E-state index in [1.54, 1.807) is 6.07 Å². The molecule has 0 spiro atoms. The zero-order chi connectivity index (χ0) is 18.5. The van der Waals surface area contributed by atoms with Crippen molar-refractivity contribution < 1.29 is 13.6 Å². The van der Waals surface area contributed by atoms with E-state index in [0.717, 1.165) is 23.4 Å².